The summed E-state index contributed by atoms with van der Waals surface area (Å²) in [5.74, 6) is 0.234. The summed E-state index contributed by atoms with van der Waals surface area (Å²) in [6.45, 7) is 1.66. The standard InChI is InChI=1S/C8H14FNO/c1-2-6-5-7(3-4-9)10-8(6)11/h6-7H,2-5H2,1H3,(H,10,11). The van der Waals surface area contributed by atoms with Crippen LogP contribution in [0.2, 0.25) is 0 Å². The molecule has 2 nitrogen and oxygen atoms in total. The smallest absolute Gasteiger partial charge is 0.223 e. The van der Waals surface area contributed by atoms with Gasteiger partial charge in [-0.05, 0) is 19.3 Å². The van der Waals surface area contributed by atoms with Gasteiger partial charge in [-0.1, -0.05) is 6.92 Å². The van der Waals surface area contributed by atoms with Crippen molar-refractivity contribution in [2.45, 2.75) is 32.2 Å². The van der Waals surface area contributed by atoms with Crippen LogP contribution in [-0.4, -0.2) is 18.6 Å². The minimum absolute atomic E-state index is 0.0949. The molecule has 0 radical (unpaired) electrons. The van der Waals surface area contributed by atoms with Crippen molar-refractivity contribution in [2.75, 3.05) is 6.67 Å². The average molecular weight is 159 g/mol. The van der Waals surface area contributed by atoms with E-state index in [2.05, 4.69) is 5.32 Å². The zero-order valence-electron chi connectivity index (χ0n) is 6.77. The summed E-state index contributed by atoms with van der Waals surface area (Å²) in [6.07, 6.45) is 2.16. The predicted molar refractivity (Wildman–Crippen MR) is 40.9 cm³/mol. The molecule has 0 saturated carbocycles. The van der Waals surface area contributed by atoms with Crippen LogP contribution in [0.15, 0.2) is 0 Å². The van der Waals surface area contributed by atoms with Gasteiger partial charge in [0, 0.05) is 12.0 Å². The number of hydrogen-bond acceptors (Lipinski definition) is 1. The van der Waals surface area contributed by atoms with Crippen LogP contribution in [-0.2, 0) is 4.79 Å². The van der Waals surface area contributed by atoms with Crippen LogP contribution in [0.25, 0.3) is 0 Å². The monoisotopic (exact) mass is 159 g/mol. The first-order valence-corrected chi connectivity index (χ1v) is 4.14. The van der Waals surface area contributed by atoms with Gasteiger partial charge >= 0.3 is 0 Å². The summed E-state index contributed by atoms with van der Waals surface area (Å²) in [6, 6.07) is 0.0949. The van der Waals surface area contributed by atoms with E-state index in [4.69, 9.17) is 0 Å². The Kier molecular flexibility index (Phi) is 2.85. The van der Waals surface area contributed by atoms with E-state index in [1.807, 2.05) is 6.92 Å². The molecular formula is C8H14FNO. The lowest BCUT2D eigenvalue weighted by molar-refractivity contribution is -0.122. The third-order valence-electron chi connectivity index (χ3n) is 2.24. The van der Waals surface area contributed by atoms with E-state index >= 15 is 0 Å². The van der Waals surface area contributed by atoms with Gasteiger partial charge < -0.3 is 5.32 Å². The minimum atomic E-state index is -0.332. The molecule has 1 aliphatic rings. The molecule has 1 heterocycles. The topological polar surface area (TPSA) is 29.1 Å². The fourth-order valence-electron chi connectivity index (χ4n) is 1.50. The number of hydrogen-bond donors (Lipinski definition) is 1. The summed E-state index contributed by atoms with van der Waals surface area (Å²) >= 11 is 0. The van der Waals surface area contributed by atoms with E-state index in [9.17, 15) is 9.18 Å². The van der Waals surface area contributed by atoms with E-state index in [-0.39, 0.29) is 24.5 Å². The van der Waals surface area contributed by atoms with Gasteiger partial charge in [-0.25, -0.2) is 0 Å². The molecule has 0 spiro atoms. The summed E-state index contributed by atoms with van der Waals surface area (Å²) in [5, 5.41) is 2.78. The first kappa shape index (κ1) is 8.50. The van der Waals surface area contributed by atoms with Gasteiger partial charge in [0.25, 0.3) is 0 Å². The van der Waals surface area contributed by atoms with Gasteiger partial charge in [-0.2, -0.15) is 0 Å². The highest BCUT2D eigenvalue weighted by Crippen LogP contribution is 2.20. The number of amides is 1. The van der Waals surface area contributed by atoms with Crippen LogP contribution in [0.5, 0.6) is 0 Å². The summed E-state index contributed by atoms with van der Waals surface area (Å²) in [4.78, 5) is 11.1. The molecule has 1 saturated heterocycles. The Morgan fingerprint density at radius 1 is 1.73 bits per heavy atom. The maximum atomic E-state index is 11.9. The summed E-state index contributed by atoms with van der Waals surface area (Å²) in [5.41, 5.74) is 0. The van der Waals surface area contributed by atoms with Crippen molar-refractivity contribution < 1.29 is 9.18 Å². The minimum Gasteiger partial charge on any atom is -0.353 e. The lowest BCUT2D eigenvalue weighted by Gasteiger charge is -2.04. The quantitative estimate of drug-likeness (QED) is 0.660. The van der Waals surface area contributed by atoms with Crippen LogP contribution >= 0.6 is 0 Å². The number of rotatable bonds is 3. The van der Waals surface area contributed by atoms with Gasteiger partial charge in [0.1, 0.15) is 0 Å². The maximum Gasteiger partial charge on any atom is 0.223 e. The molecule has 0 bridgehead atoms. The first-order chi connectivity index (χ1) is 5.27. The van der Waals surface area contributed by atoms with Crippen molar-refractivity contribution >= 4 is 5.91 Å². The van der Waals surface area contributed by atoms with Gasteiger partial charge in [0.2, 0.25) is 5.91 Å². The zero-order chi connectivity index (χ0) is 8.27. The van der Waals surface area contributed by atoms with E-state index in [0.29, 0.717) is 6.42 Å². The number of carbonyl (C=O) groups is 1. The third kappa shape index (κ3) is 1.91. The highest BCUT2D eigenvalue weighted by molar-refractivity contribution is 5.81. The molecule has 1 amide bonds. The molecule has 11 heavy (non-hydrogen) atoms. The Bertz CT molecular complexity index is 149. The van der Waals surface area contributed by atoms with Gasteiger partial charge in [0.15, 0.2) is 0 Å². The molecule has 1 rings (SSSR count). The van der Waals surface area contributed by atoms with Crippen molar-refractivity contribution in [3.8, 4) is 0 Å². The van der Waals surface area contributed by atoms with Crippen LogP contribution in [0, 0.1) is 5.92 Å². The van der Waals surface area contributed by atoms with E-state index in [1.165, 1.54) is 0 Å². The molecule has 0 aliphatic carbocycles. The van der Waals surface area contributed by atoms with Crippen molar-refractivity contribution in [1.82, 2.24) is 5.32 Å². The second kappa shape index (κ2) is 3.69. The fraction of sp³-hybridized carbons (Fsp3) is 0.875. The molecule has 1 aliphatic heterocycles. The predicted octanol–water partition coefficient (Wildman–Crippen LogP) is 1.26. The normalized spacial score (nSPS) is 30.5. The molecule has 1 N–H and O–H groups in total. The average Bonchev–Trinajstić information content (AvgIpc) is 2.32. The summed E-state index contributed by atoms with van der Waals surface area (Å²) in [7, 11) is 0. The Morgan fingerprint density at radius 3 is 2.91 bits per heavy atom. The van der Waals surface area contributed by atoms with Crippen molar-refractivity contribution in [1.29, 1.82) is 0 Å². The molecule has 2 atom stereocenters. The molecular weight excluding hydrogens is 145 g/mol. The van der Waals surface area contributed by atoms with Crippen LogP contribution in [0.3, 0.4) is 0 Å². The van der Waals surface area contributed by atoms with E-state index < -0.39 is 0 Å². The lowest BCUT2D eigenvalue weighted by atomic mass is 10.0. The molecule has 64 valence electrons. The number of alkyl halides is 1. The third-order valence-corrected chi connectivity index (χ3v) is 2.24. The van der Waals surface area contributed by atoms with Crippen molar-refractivity contribution in [2.24, 2.45) is 5.92 Å². The number of halogens is 1. The SMILES string of the molecule is CCC1CC(CCF)NC1=O. The number of nitrogens with one attached hydrogen (secondary N) is 1. The number of carbonyl (C=O) groups excluding carboxylic acids is 1. The second-order valence-corrected chi connectivity index (χ2v) is 3.02. The maximum absolute atomic E-state index is 11.9. The van der Waals surface area contributed by atoms with Crippen LogP contribution in [0.4, 0.5) is 4.39 Å². The molecule has 0 aromatic heterocycles. The van der Waals surface area contributed by atoms with Crippen LogP contribution in [0.1, 0.15) is 26.2 Å². The van der Waals surface area contributed by atoms with E-state index in [1.54, 1.807) is 0 Å². The second-order valence-electron chi connectivity index (χ2n) is 3.02. The van der Waals surface area contributed by atoms with Crippen molar-refractivity contribution in [3.05, 3.63) is 0 Å². The van der Waals surface area contributed by atoms with E-state index in [0.717, 1.165) is 12.8 Å². The molecule has 3 heteroatoms. The Labute approximate surface area is 66.2 Å². The van der Waals surface area contributed by atoms with Crippen molar-refractivity contribution in [3.63, 3.8) is 0 Å². The van der Waals surface area contributed by atoms with Gasteiger partial charge in [-0.3, -0.25) is 9.18 Å². The molecule has 2 unspecified atom stereocenters. The van der Waals surface area contributed by atoms with Crippen LogP contribution < -0.4 is 5.32 Å². The van der Waals surface area contributed by atoms with Gasteiger partial charge in [-0.15, -0.1) is 0 Å². The Hall–Kier alpha value is -0.600. The largest absolute Gasteiger partial charge is 0.353 e. The fourth-order valence-corrected chi connectivity index (χ4v) is 1.50. The molecule has 1 fully saturated rings. The highest BCUT2D eigenvalue weighted by atomic mass is 19.1. The van der Waals surface area contributed by atoms with Gasteiger partial charge in [0.05, 0.1) is 6.67 Å². The summed E-state index contributed by atoms with van der Waals surface area (Å²) < 4.78 is 11.9. The first-order valence-electron chi connectivity index (χ1n) is 4.14. The zero-order valence-corrected chi connectivity index (χ0v) is 6.77. The molecule has 0 aromatic rings. The Morgan fingerprint density at radius 2 is 2.45 bits per heavy atom. The lowest BCUT2D eigenvalue weighted by Crippen LogP contribution is -2.26. The molecule has 0 aromatic carbocycles. The highest BCUT2D eigenvalue weighted by Gasteiger charge is 2.29. The Balaban J connectivity index is 2.36.